The minimum Gasteiger partial charge on any atom is -0.497 e. The number of rotatable bonds is 7. The fraction of sp³-hybridized carbons (Fsp3) is 0.571. The van der Waals surface area contributed by atoms with Gasteiger partial charge in [-0.05, 0) is 31.5 Å². The van der Waals surface area contributed by atoms with Gasteiger partial charge < -0.3 is 14.8 Å². The molecule has 1 aromatic carbocycles. The minimum atomic E-state index is -3.94. The van der Waals surface area contributed by atoms with Crippen LogP contribution in [-0.4, -0.2) is 47.9 Å². The number of hydrogen-bond acceptors (Lipinski definition) is 5. The van der Waals surface area contributed by atoms with Gasteiger partial charge >= 0.3 is 0 Å². The molecule has 132 valence electrons. The summed E-state index contributed by atoms with van der Waals surface area (Å²) in [7, 11) is -0.977. The van der Waals surface area contributed by atoms with Crippen LogP contribution in [0.25, 0.3) is 0 Å². The van der Waals surface area contributed by atoms with E-state index in [0.717, 1.165) is 25.5 Å². The van der Waals surface area contributed by atoms with Crippen LogP contribution in [0.15, 0.2) is 23.1 Å². The van der Waals surface area contributed by atoms with Crippen LogP contribution in [0.2, 0.25) is 0 Å². The highest BCUT2D eigenvalue weighted by Crippen LogP contribution is 2.22. The molecule has 2 N–H and O–H groups in total. The second-order valence-electron chi connectivity index (χ2n) is 5.36. The maximum Gasteiger partial charge on any atom is 0.243 e. The summed E-state index contributed by atoms with van der Waals surface area (Å²) in [6.07, 6.45) is 1.75. The Bertz CT molecular complexity index is 621. The first kappa shape index (κ1) is 20.1. The van der Waals surface area contributed by atoms with Crippen molar-refractivity contribution in [2.75, 3.05) is 33.9 Å². The van der Waals surface area contributed by atoms with Gasteiger partial charge in [0, 0.05) is 19.7 Å². The van der Waals surface area contributed by atoms with E-state index in [9.17, 15) is 12.8 Å². The van der Waals surface area contributed by atoms with E-state index in [1.165, 1.54) is 19.2 Å². The summed E-state index contributed by atoms with van der Waals surface area (Å²) >= 11 is 0. The standard InChI is InChI=1S/C14H21FN2O4S.ClH/c1-20-10-14(6-3-7-16-14)9-17-22(18,19)13-5-4-11(21-2)8-12(13)15;/h4-5,8,16-17H,3,6-7,9-10H2,1-2H3;1H. The summed E-state index contributed by atoms with van der Waals surface area (Å²) in [5.41, 5.74) is -0.440. The number of sulfonamides is 1. The maximum absolute atomic E-state index is 13.9. The summed E-state index contributed by atoms with van der Waals surface area (Å²) in [4.78, 5) is -0.390. The molecule has 1 aliphatic heterocycles. The van der Waals surface area contributed by atoms with Crippen LogP contribution in [0.5, 0.6) is 5.75 Å². The van der Waals surface area contributed by atoms with E-state index in [4.69, 9.17) is 9.47 Å². The Balaban J connectivity index is 0.00000264. The number of hydrogen-bond donors (Lipinski definition) is 2. The summed E-state index contributed by atoms with van der Waals surface area (Å²) in [5, 5.41) is 3.26. The Morgan fingerprint density at radius 2 is 2.13 bits per heavy atom. The first-order valence-electron chi connectivity index (χ1n) is 7.00. The average Bonchev–Trinajstić information content (AvgIpc) is 2.94. The molecule has 1 fully saturated rings. The van der Waals surface area contributed by atoms with Crippen LogP contribution < -0.4 is 14.8 Å². The van der Waals surface area contributed by atoms with Gasteiger partial charge in [-0.25, -0.2) is 17.5 Å². The van der Waals surface area contributed by atoms with Gasteiger partial charge in [-0.15, -0.1) is 12.4 Å². The third-order valence-corrected chi connectivity index (χ3v) is 5.22. The van der Waals surface area contributed by atoms with Gasteiger partial charge in [0.25, 0.3) is 0 Å². The number of halogens is 2. The van der Waals surface area contributed by atoms with E-state index in [1.54, 1.807) is 7.11 Å². The molecular weight excluding hydrogens is 347 g/mol. The monoisotopic (exact) mass is 368 g/mol. The predicted molar refractivity (Wildman–Crippen MR) is 87.2 cm³/mol. The molecular formula is C14H22ClFN2O4S. The molecule has 23 heavy (non-hydrogen) atoms. The van der Waals surface area contributed by atoms with Crippen molar-refractivity contribution in [3.63, 3.8) is 0 Å². The van der Waals surface area contributed by atoms with E-state index in [1.807, 2.05) is 0 Å². The van der Waals surface area contributed by atoms with Gasteiger partial charge in [0.2, 0.25) is 10.0 Å². The molecule has 0 bridgehead atoms. The second-order valence-corrected chi connectivity index (χ2v) is 7.10. The number of nitrogens with one attached hydrogen (secondary N) is 2. The van der Waals surface area contributed by atoms with Gasteiger partial charge in [-0.3, -0.25) is 0 Å². The van der Waals surface area contributed by atoms with E-state index < -0.39 is 21.4 Å². The molecule has 6 nitrogen and oxygen atoms in total. The van der Waals surface area contributed by atoms with Crippen LogP contribution >= 0.6 is 12.4 Å². The topological polar surface area (TPSA) is 76.7 Å². The number of benzene rings is 1. The van der Waals surface area contributed by atoms with Crippen molar-refractivity contribution in [3.05, 3.63) is 24.0 Å². The highest BCUT2D eigenvalue weighted by Gasteiger charge is 2.35. The number of ether oxygens (including phenoxy) is 2. The molecule has 1 aromatic rings. The molecule has 1 atom stereocenters. The molecule has 1 aliphatic rings. The Morgan fingerprint density at radius 1 is 1.39 bits per heavy atom. The largest absolute Gasteiger partial charge is 0.497 e. The Kier molecular flexibility index (Phi) is 7.22. The zero-order valence-corrected chi connectivity index (χ0v) is 14.7. The lowest BCUT2D eigenvalue weighted by atomic mass is 9.99. The SMILES string of the molecule is COCC1(CNS(=O)(=O)c2ccc(OC)cc2F)CCCN1.Cl. The van der Waals surface area contributed by atoms with Crippen molar-refractivity contribution in [1.29, 1.82) is 0 Å². The molecule has 1 heterocycles. The van der Waals surface area contributed by atoms with Crippen LogP contribution in [-0.2, 0) is 14.8 Å². The van der Waals surface area contributed by atoms with Gasteiger partial charge in [0.1, 0.15) is 16.5 Å². The molecule has 2 rings (SSSR count). The maximum atomic E-state index is 13.9. The van der Waals surface area contributed by atoms with Gasteiger partial charge in [-0.1, -0.05) is 0 Å². The molecule has 9 heteroatoms. The summed E-state index contributed by atoms with van der Waals surface area (Å²) in [5.74, 6) is -0.572. The molecule has 0 aliphatic carbocycles. The minimum absolute atomic E-state index is 0. The highest BCUT2D eigenvalue weighted by molar-refractivity contribution is 7.89. The summed E-state index contributed by atoms with van der Waals surface area (Å²) in [6, 6.07) is 3.66. The van der Waals surface area contributed by atoms with E-state index in [-0.39, 0.29) is 29.6 Å². The van der Waals surface area contributed by atoms with Crippen molar-refractivity contribution < 1.29 is 22.3 Å². The third-order valence-electron chi connectivity index (χ3n) is 3.78. The average molecular weight is 369 g/mol. The van der Waals surface area contributed by atoms with Crippen molar-refractivity contribution in [3.8, 4) is 5.75 Å². The normalized spacial score (nSPS) is 21.0. The van der Waals surface area contributed by atoms with Crippen molar-refractivity contribution in [2.45, 2.75) is 23.3 Å². The van der Waals surface area contributed by atoms with E-state index in [2.05, 4.69) is 10.0 Å². The lowest BCUT2D eigenvalue weighted by molar-refractivity contribution is 0.122. The fourth-order valence-corrected chi connectivity index (χ4v) is 3.79. The smallest absolute Gasteiger partial charge is 0.243 e. The zero-order valence-electron chi connectivity index (χ0n) is 13.1. The van der Waals surface area contributed by atoms with Gasteiger partial charge in [0.15, 0.2) is 0 Å². The van der Waals surface area contributed by atoms with E-state index >= 15 is 0 Å². The van der Waals surface area contributed by atoms with Gasteiger partial charge in [-0.2, -0.15) is 0 Å². The predicted octanol–water partition coefficient (Wildman–Crippen LogP) is 1.30. The van der Waals surface area contributed by atoms with Crippen LogP contribution in [0.4, 0.5) is 4.39 Å². The quantitative estimate of drug-likeness (QED) is 0.758. The van der Waals surface area contributed by atoms with Crippen LogP contribution in [0.3, 0.4) is 0 Å². The Hall–Kier alpha value is -0.930. The van der Waals surface area contributed by atoms with Crippen molar-refractivity contribution in [1.82, 2.24) is 10.0 Å². The first-order valence-corrected chi connectivity index (χ1v) is 8.48. The highest BCUT2D eigenvalue weighted by atomic mass is 35.5. The third kappa shape index (κ3) is 4.77. The molecule has 0 amide bonds. The van der Waals surface area contributed by atoms with Crippen molar-refractivity contribution in [2.24, 2.45) is 0 Å². The van der Waals surface area contributed by atoms with Crippen LogP contribution in [0.1, 0.15) is 12.8 Å². The second kappa shape index (κ2) is 8.25. The zero-order chi connectivity index (χ0) is 16.2. The lowest BCUT2D eigenvalue weighted by Crippen LogP contribution is -2.52. The molecule has 1 unspecified atom stereocenters. The molecule has 0 saturated carbocycles. The first-order chi connectivity index (χ1) is 10.4. The van der Waals surface area contributed by atoms with Crippen LogP contribution in [0, 0.1) is 5.82 Å². The molecule has 0 spiro atoms. The lowest BCUT2D eigenvalue weighted by Gasteiger charge is -2.28. The Morgan fingerprint density at radius 3 is 2.65 bits per heavy atom. The van der Waals surface area contributed by atoms with Crippen molar-refractivity contribution >= 4 is 22.4 Å². The molecule has 0 radical (unpaired) electrons. The molecule has 0 aromatic heterocycles. The summed E-state index contributed by atoms with van der Waals surface area (Å²) in [6.45, 7) is 1.34. The van der Waals surface area contributed by atoms with Gasteiger partial charge in [0.05, 0.1) is 19.3 Å². The number of methoxy groups -OCH3 is 2. The van der Waals surface area contributed by atoms with E-state index in [0.29, 0.717) is 6.61 Å². The fourth-order valence-electron chi connectivity index (χ4n) is 2.61. The Labute approximate surface area is 142 Å². The molecule has 1 saturated heterocycles. The summed E-state index contributed by atoms with van der Waals surface area (Å²) < 4.78 is 51.0.